The molecule has 0 amide bonds. The molecule has 2 aromatic heterocycles. The Morgan fingerprint density at radius 2 is 1.90 bits per heavy atom. The zero-order valence-electron chi connectivity index (χ0n) is 22.8. The van der Waals surface area contributed by atoms with Crippen LogP contribution in [0.3, 0.4) is 0 Å². The highest BCUT2D eigenvalue weighted by molar-refractivity contribution is 5.99. The summed E-state index contributed by atoms with van der Waals surface area (Å²) in [5.41, 5.74) is 1.92. The second kappa shape index (κ2) is 9.81. The number of piperazine rings is 1. The van der Waals surface area contributed by atoms with Gasteiger partial charge in [-0.1, -0.05) is 12.8 Å². The van der Waals surface area contributed by atoms with Crippen molar-refractivity contribution in [1.82, 2.24) is 19.4 Å². The van der Waals surface area contributed by atoms with Crippen molar-refractivity contribution in [3.63, 3.8) is 0 Å². The lowest BCUT2D eigenvalue weighted by atomic mass is 10.0. The summed E-state index contributed by atoms with van der Waals surface area (Å²) in [5, 5.41) is 3.79. The van der Waals surface area contributed by atoms with Gasteiger partial charge >= 0.3 is 0 Å². The van der Waals surface area contributed by atoms with Crippen molar-refractivity contribution in [2.24, 2.45) is 0 Å². The molecule has 40 heavy (non-hydrogen) atoms. The Kier molecular flexibility index (Phi) is 6.23. The third kappa shape index (κ3) is 4.14. The second-order valence-electron chi connectivity index (χ2n) is 11.4. The van der Waals surface area contributed by atoms with Crippen LogP contribution in [0, 0.1) is 12.7 Å². The molecule has 11 heteroatoms. The molecule has 4 aliphatic rings. The van der Waals surface area contributed by atoms with Crippen molar-refractivity contribution < 1.29 is 18.7 Å². The van der Waals surface area contributed by atoms with Crippen molar-refractivity contribution in [1.29, 1.82) is 0 Å². The third-order valence-electron chi connectivity index (χ3n) is 8.90. The zero-order valence-corrected chi connectivity index (χ0v) is 22.8. The molecule has 0 radical (unpaired) electrons. The standard InChI is InChI=1S/C29H33FN6O4/c1-16-22-11-31-29(33-27(22)36(19-5-3-4-6-19)28(38)25(16)17(2)37)32-18-9-23(30)26-24(10-18)40-15-20-12-34(7-8-35(20)26)21-13-39-14-21/h9-11,19-21H,3-8,12-15H2,1-2H3,(H,31,32,33)/t20-/m0/s1. The Morgan fingerprint density at radius 1 is 1.10 bits per heavy atom. The van der Waals surface area contributed by atoms with Gasteiger partial charge < -0.3 is 19.7 Å². The maximum atomic E-state index is 15.6. The van der Waals surface area contributed by atoms with Gasteiger partial charge in [0.05, 0.1) is 30.9 Å². The summed E-state index contributed by atoms with van der Waals surface area (Å²) in [4.78, 5) is 39.6. The molecule has 7 rings (SSSR count). The first kappa shape index (κ1) is 25.4. The van der Waals surface area contributed by atoms with E-state index in [1.165, 1.54) is 13.0 Å². The van der Waals surface area contributed by atoms with Gasteiger partial charge in [0.2, 0.25) is 5.95 Å². The first-order chi connectivity index (χ1) is 19.4. The molecule has 3 aliphatic heterocycles. The lowest BCUT2D eigenvalue weighted by Crippen LogP contribution is -2.62. The fraction of sp³-hybridized carbons (Fsp3) is 0.517. The number of fused-ring (bicyclic) bond motifs is 4. The zero-order chi connectivity index (χ0) is 27.5. The number of aromatic nitrogens is 3. The molecule has 1 atom stereocenters. The number of hydrogen-bond acceptors (Lipinski definition) is 9. The van der Waals surface area contributed by atoms with Crippen molar-refractivity contribution in [3.8, 4) is 5.75 Å². The number of nitrogens with zero attached hydrogens (tertiary/aromatic N) is 5. The number of anilines is 3. The topological polar surface area (TPSA) is 102 Å². The smallest absolute Gasteiger partial charge is 0.263 e. The molecule has 0 unspecified atom stereocenters. The van der Waals surface area contributed by atoms with Gasteiger partial charge in [0, 0.05) is 49.0 Å². The van der Waals surface area contributed by atoms with E-state index in [-0.39, 0.29) is 40.8 Å². The van der Waals surface area contributed by atoms with Crippen LogP contribution in [0.4, 0.5) is 21.7 Å². The van der Waals surface area contributed by atoms with Gasteiger partial charge in [0.15, 0.2) is 11.6 Å². The van der Waals surface area contributed by atoms with E-state index in [4.69, 9.17) is 14.5 Å². The van der Waals surface area contributed by atoms with Crippen LogP contribution in [0.15, 0.2) is 23.1 Å². The Labute approximate surface area is 231 Å². The molecule has 210 valence electrons. The van der Waals surface area contributed by atoms with Crippen LogP contribution in [-0.4, -0.2) is 76.8 Å². The van der Waals surface area contributed by atoms with Crippen LogP contribution in [0.2, 0.25) is 0 Å². The highest BCUT2D eigenvalue weighted by Gasteiger charge is 2.38. The Bertz CT molecular complexity index is 1560. The van der Waals surface area contributed by atoms with E-state index in [2.05, 4.69) is 20.1 Å². The summed E-state index contributed by atoms with van der Waals surface area (Å²) in [7, 11) is 0. The largest absolute Gasteiger partial charge is 0.489 e. The van der Waals surface area contributed by atoms with Gasteiger partial charge in [-0.25, -0.2) is 9.37 Å². The molecule has 2 saturated heterocycles. The molecule has 1 aromatic carbocycles. The fourth-order valence-electron chi connectivity index (χ4n) is 6.74. The number of ketones is 1. The van der Waals surface area contributed by atoms with Crippen LogP contribution in [0.5, 0.6) is 5.75 Å². The molecule has 1 aliphatic carbocycles. The molecule has 3 aromatic rings. The second-order valence-corrected chi connectivity index (χ2v) is 11.4. The van der Waals surface area contributed by atoms with Crippen molar-refractivity contribution in [2.75, 3.05) is 49.7 Å². The summed E-state index contributed by atoms with van der Waals surface area (Å²) >= 11 is 0. The normalized spacial score (nSPS) is 21.6. The number of aryl methyl sites for hydroxylation is 1. The average Bonchev–Trinajstić information content (AvgIpc) is 3.41. The van der Waals surface area contributed by atoms with E-state index in [0.29, 0.717) is 46.4 Å². The Morgan fingerprint density at radius 3 is 2.62 bits per heavy atom. The number of halogens is 1. The molecule has 1 N–H and O–H groups in total. The maximum absolute atomic E-state index is 15.6. The lowest BCUT2D eigenvalue weighted by molar-refractivity contribution is -0.0716. The molecule has 10 nitrogen and oxygen atoms in total. The average molecular weight is 549 g/mol. The predicted molar refractivity (Wildman–Crippen MR) is 149 cm³/mol. The number of benzene rings is 1. The Hall–Kier alpha value is -3.57. The summed E-state index contributed by atoms with van der Waals surface area (Å²) in [6, 6.07) is 3.75. The number of ether oxygens (including phenoxy) is 2. The van der Waals surface area contributed by atoms with Gasteiger partial charge in [-0.05, 0) is 38.3 Å². The summed E-state index contributed by atoms with van der Waals surface area (Å²) in [6.45, 7) is 7.61. The third-order valence-corrected chi connectivity index (χ3v) is 8.90. The molecule has 1 saturated carbocycles. The van der Waals surface area contributed by atoms with Crippen LogP contribution >= 0.6 is 0 Å². The van der Waals surface area contributed by atoms with Crippen LogP contribution in [0.1, 0.15) is 54.6 Å². The number of carbonyl (C=O) groups is 1. The molecule has 3 fully saturated rings. The number of hydrogen-bond donors (Lipinski definition) is 1. The first-order valence-electron chi connectivity index (χ1n) is 14.1. The maximum Gasteiger partial charge on any atom is 0.263 e. The first-order valence-corrected chi connectivity index (χ1v) is 14.1. The highest BCUT2D eigenvalue weighted by Crippen LogP contribution is 2.41. The number of rotatable bonds is 5. The molecule has 0 spiro atoms. The van der Waals surface area contributed by atoms with Crippen molar-refractivity contribution in [2.45, 2.75) is 57.7 Å². The number of carbonyl (C=O) groups excluding carboxylic acids is 1. The minimum atomic E-state index is -0.365. The van der Waals surface area contributed by atoms with Crippen LogP contribution in [0.25, 0.3) is 11.0 Å². The predicted octanol–water partition coefficient (Wildman–Crippen LogP) is 3.58. The van der Waals surface area contributed by atoms with E-state index < -0.39 is 0 Å². The minimum absolute atomic E-state index is 0.0173. The van der Waals surface area contributed by atoms with E-state index in [9.17, 15) is 9.59 Å². The van der Waals surface area contributed by atoms with Crippen LogP contribution < -0.4 is 20.5 Å². The van der Waals surface area contributed by atoms with Gasteiger partial charge in [-0.2, -0.15) is 4.98 Å². The van der Waals surface area contributed by atoms with Gasteiger partial charge in [0.25, 0.3) is 5.56 Å². The van der Waals surface area contributed by atoms with Gasteiger partial charge in [-0.3, -0.25) is 19.1 Å². The Balaban J connectivity index is 1.21. The van der Waals surface area contributed by atoms with E-state index in [0.717, 1.165) is 58.5 Å². The summed E-state index contributed by atoms with van der Waals surface area (Å²) in [6.07, 6.45) is 5.41. The number of nitrogens with one attached hydrogen (secondary N) is 1. The van der Waals surface area contributed by atoms with Crippen molar-refractivity contribution in [3.05, 3.63) is 45.6 Å². The van der Waals surface area contributed by atoms with Gasteiger partial charge in [0.1, 0.15) is 23.7 Å². The fourth-order valence-corrected chi connectivity index (χ4v) is 6.74. The molecule has 5 heterocycles. The monoisotopic (exact) mass is 548 g/mol. The van der Waals surface area contributed by atoms with Crippen LogP contribution in [-0.2, 0) is 4.74 Å². The van der Waals surface area contributed by atoms with Crippen molar-refractivity contribution >= 4 is 34.1 Å². The highest BCUT2D eigenvalue weighted by atomic mass is 19.1. The minimum Gasteiger partial charge on any atom is -0.489 e. The summed E-state index contributed by atoms with van der Waals surface area (Å²) < 4.78 is 28.7. The lowest BCUT2D eigenvalue weighted by Gasteiger charge is -2.49. The number of Topliss-reactive ketones (excluding diaryl/α,β-unsaturated/α-hetero) is 1. The quantitative estimate of drug-likeness (QED) is 0.480. The molecule has 0 bridgehead atoms. The SMILES string of the molecule is CC(=O)c1c(C)c2cnc(Nc3cc(F)c4c(c3)OC[C@@H]3CN(C5COC5)CCN43)nc2n(C2CCCC2)c1=O. The molecular weight excluding hydrogens is 515 g/mol. The number of pyridine rings is 1. The van der Waals surface area contributed by atoms with E-state index >= 15 is 4.39 Å². The van der Waals surface area contributed by atoms with E-state index in [1.807, 2.05) is 0 Å². The van der Waals surface area contributed by atoms with E-state index in [1.54, 1.807) is 23.8 Å². The van der Waals surface area contributed by atoms with Gasteiger partial charge in [-0.15, -0.1) is 0 Å². The summed E-state index contributed by atoms with van der Waals surface area (Å²) in [5.74, 6) is 0.113. The molecular formula is C29H33FN6O4.